The molecule has 0 atom stereocenters. The van der Waals surface area contributed by atoms with Crippen LogP contribution in [0.3, 0.4) is 0 Å². The second-order valence-electron chi connectivity index (χ2n) is 7.14. The van der Waals surface area contributed by atoms with Crippen molar-refractivity contribution in [3.8, 4) is 11.3 Å². The molecule has 0 aliphatic carbocycles. The van der Waals surface area contributed by atoms with Crippen LogP contribution >= 0.6 is 11.3 Å². The van der Waals surface area contributed by atoms with Crippen LogP contribution in [0.2, 0.25) is 0 Å². The standard InChI is InChI=1S/C22H24N2O4S2/c1-15-8-10-18(11-9-15)22-20(29-16(2)23-22)13-21(25)28-14-17-6-5-7-19(12-17)30(26,27)24(3)4/h5-12H,13-14H2,1-4H3. The van der Waals surface area contributed by atoms with Crippen molar-refractivity contribution in [2.24, 2.45) is 0 Å². The maximum Gasteiger partial charge on any atom is 0.311 e. The summed E-state index contributed by atoms with van der Waals surface area (Å²) in [6.07, 6.45) is 0.115. The van der Waals surface area contributed by atoms with Crippen molar-refractivity contribution in [2.45, 2.75) is 31.8 Å². The van der Waals surface area contributed by atoms with Crippen molar-refractivity contribution in [3.63, 3.8) is 0 Å². The Balaban J connectivity index is 1.70. The Kier molecular flexibility index (Phi) is 6.70. The Labute approximate surface area is 181 Å². The van der Waals surface area contributed by atoms with Gasteiger partial charge in [0.2, 0.25) is 10.0 Å². The molecule has 0 radical (unpaired) electrons. The number of aryl methyl sites for hydroxylation is 2. The number of nitrogens with zero attached hydrogens (tertiary/aromatic N) is 2. The third kappa shape index (κ3) is 5.13. The van der Waals surface area contributed by atoms with Crippen LogP contribution in [-0.4, -0.2) is 37.8 Å². The molecule has 8 heteroatoms. The van der Waals surface area contributed by atoms with Crippen LogP contribution in [0.25, 0.3) is 11.3 Å². The van der Waals surface area contributed by atoms with E-state index in [9.17, 15) is 13.2 Å². The first-order valence-electron chi connectivity index (χ1n) is 9.37. The van der Waals surface area contributed by atoms with Crippen LogP contribution in [0.15, 0.2) is 53.4 Å². The number of benzene rings is 2. The van der Waals surface area contributed by atoms with Crippen molar-refractivity contribution in [1.29, 1.82) is 0 Å². The molecule has 158 valence electrons. The second-order valence-corrected chi connectivity index (χ2v) is 10.6. The molecule has 3 aromatic rings. The van der Waals surface area contributed by atoms with Gasteiger partial charge in [-0.2, -0.15) is 0 Å². The number of carbonyl (C=O) groups is 1. The summed E-state index contributed by atoms with van der Waals surface area (Å²) in [5, 5.41) is 0.884. The summed E-state index contributed by atoms with van der Waals surface area (Å²) in [7, 11) is -0.583. The van der Waals surface area contributed by atoms with Crippen molar-refractivity contribution in [2.75, 3.05) is 14.1 Å². The molecule has 6 nitrogen and oxygen atoms in total. The van der Waals surface area contributed by atoms with Gasteiger partial charge >= 0.3 is 5.97 Å². The van der Waals surface area contributed by atoms with E-state index in [0.717, 1.165) is 31.0 Å². The first-order valence-corrected chi connectivity index (χ1v) is 11.6. The van der Waals surface area contributed by atoms with Gasteiger partial charge in [0.15, 0.2) is 0 Å². The lowest BCUT2D eigenvalue weighted by Crippen LogP contribution is -2.22. The molecule has 0 aliphatic rings. The largest absolute Gasteiger partial charge is 0.461 e. The van der Waals surface area contributed by atoms with Gasteiger partial charge in [0.05, 0.1) is 22.0 Å². The maximum absolute atomic E-state index is 12.5. The fourth-order valence-corrected chi connectivity index (χ4v) is 4.79. The SMILES string of the molecule is Cc1ccc(-c2nc(C)sc2CC(=O)OCc2cccc(S(=O)(=O)N(C)C)c2)cc1. The number of sulfonamides is 1. The van der Waals surface area contributed by atoms with Gasteiger partial charge in [-0.15, -0.1) is 11.3 Å². The molecule has 0 amide bonds. The molecule has 0 aliphatic heterocycles. The highest BCUT2D eigenvalue weighted by Gasteiger charge is 2.18. The average molecular weight is 445 g/mol. The fourth-order valence-electron chi connectivity index (χ4n) is 2.88. The van der Waals surface area contributed by atoms with Gasteiger partial charge in [0.25, 0.3) is 0 Å². The van der Waals surface area contributed by atoms with Crippen molar-refractivity contribution in [1.82, 2.24) is 9.29 Å². The monoisotopic (exact) mass is 444 g/mol. The van der Waals surface area contributed by atoms with E-state index in [2.05, 4.69) is 4.98 Å². The van der Waals surface area contributed by atoms with Crippen LogP contribution < -0.4 is 0 Å². The van der Waals surface area contributed by atoms with E-state index in [0.29, 0.717) is 5.56 Å². The Morgan fingerprint density at radius 2 is 1.80 bits per heavy atom. The van der Waals surface area contributed by atoms with Crippen LogP contribution in [0, 0.1) is 13.8 Å². The summed E-state index contributed by atoms with van der Waals surface area (Å²) in [6, 6.07) is 14.4. The number of hydrogen-bond donors (Lipinski definition) is 0. The number of esters is 1. The smallest absolute Gasteiger partial charge is 0.311 e. The van der Waals surface area contributed by atoms with Gasteiger partial charge < -0.3 is 4.74 Å². The molecule has 0 bridgehead atoms. The first-order chi connectivity index (χ1) is 14.2. The molecule has 1 heterocycles. The minimum Gasteiger partial charge on any atom is -0.461 e. The molecule has 1 aromatic heterocycles. The van der Waals surface area contributed by atoms with E-state index in [4.69, 9.17) is 4.74 Å². The molecule has 0 N–H and O–H groups in total. The van der Waals surface area contributed by atoms with E-state index >= 15 is 0 Å². The van der Waals surface area contributed by atoms with Gasteiger partial charge in [-0.05, 0) is 31.5 Å². The Morgan fingerprint density at radius 3 is 2.47 bits per heavy atom. The predicted octanol–water partition coefficient (Wildman–Crippen LogP) is 3.96. The molecular weight excluding hydrogens is 420 g/mol. The predicted molar refractivity (Wildman–Crippen MR) is 118 cm³/mol. The molecule has 3 rings (SSSR count). The Bertz CT molecular complexity index is 1150. The molecule has 0 saturated heterocycles. The zero-order chi connectivity index (χ0) is 21.9. The van der Waals surface area contributed by atoms with E-state index in [1.165, 1.54) is 37.6 Å². The summed E-state index contributed by atoms with van der Waals surface area (Å²) in [6.45, 7) is 3.94. The molecular formula is C22H24N2O4S2. The van der Waals surface area contributed by atoms with E-state index in [1.54, 1.807) is 12.1 Å². The topological polar surface area (TPSA) is 76.6 Å². The summed E-state index contributed by atoms with van der Waals surface area (Å²) >= 11 is 1.48. The van der Waals surface area contributed by atoms with Gasteiger partial charge in [0, 0.05) is 24.5 Å². The van der Waals surface area contributed by atoms with Crippen LogP contribution in [-0.2, 0) is 32.6 Å². The number of ether oxygens (including phenoxy) is 1. The number of thiazole rings is 1. The summed E-state index contributed by atoms with van der Waals surface area (Å²) < 4.78 is 31.1. The minimum absolute atomic E-state index is 0.00722. The van der Waals surface area contributed by atoms with Crippen LogP contribution in [0.5, 0.6) is 0 Å². The maximum atomic E-state index is 12.5. The lowest BCUT2D eigenvalue weighted by molar-refractivity contribution is -0.144. The highest BCUT2D eigenvalue weighted by Crippen LogP contribution is 2.29. The Hall–Kier alpha value is -2.55. The highest BCUT2D eigenvalue weighted by atomic mass is 32.2. The number of hydrogen-bond acceptors (Lipinski definition) is 6. The first kappa shape index (κ1) is 22.1. The zero-order valence-corrected chi connectivity index (χ0v) is 19.0. The molecule has 0 unspecified atom stereocenters. The minimum atomic E-state index is -3.54. The lowest BCUT2D eigenvalue weighted by Gasteiger charge is -2.12. The quantitative estimate of drug-likeness (QED) is 0.516. The zero-order valence-electron chi connectivity index (χ0n) is 17.4. The molecule has 0 saturated carbocycles. The molecule has 0 fully saturated rings. The average Bonchev–Trinajstić information content (AvgIpc) is 3.07. The third-order valence-corrected chi connectivity index (χ3v) is 7.29. The molecule has 30 heavy (non-hydrogen) atoms. The van der Waals surface area contributed by atoms with Crippen molar-refractivity contribution in [3.05, 3.63) is 69.5 Å². The normalized spacial score (nSPS) is 11.6. The lowest BCUT2D eigenvalue weighted by atomic mass is 10.1. The summed E-state index contributed by atoms with van der Waals surface area (Å²) in [4.78, 5) is 18.0. The summed E-state index contributed by atoms with van der Waals surface area (Å²) in [5.41, 5.74) is 3.54. The number of aromatic nitrogens is 1. The summed E-state index contributed by atoms with van der Waals surface area (Å²) in [5.74, 6) is -0.382. The van der Waals surface area contributed by atoms with Gasteiger partial charge in [-0.25, -0.2) is 17.7 Å². The van der Waals surface area contributed by atoms with E-state index < -0.39 is 10.0 Å². The third-order valence-electron chi connectivity index (χ3n) is 4.51. The van der Waals surface area contributed by atoms with Gasteiger partial charge in [0.1, 0.15) is 6.61 Å². The highest BCUT2D eigenvalue weighted by molar-refractivity contribution is 7.89. The number of rotatable bonds is 7. The Morgan fingerprint density at radius 1 is 1.10 bits per heavy atom. The fraction of sp³-hybridized carbons (Fsp3) is 0.273. The van der Waals surface area contributed by atoms with Crippen molar-refractivity contribution < 1.29 is 17.9 Å². The van der Waals surface area contributed by atoms with Crippen molar-refractivity contribution >= 4 is 27.3 Å². The van der Waals surface area contributed by atoms with Gasteiger partial charge in [-0.3, -0.25) is 4.79 Å². The molecule has 0 spiro atoms. The molecule has 2 aromatic carbocycles. The van der Waals surface area contributed by atoms with Crippen LogP contribution in [0.4, 0.5) is 0 Å². The van der Waals surface area contributed by atoms with Crippen LogP contribution in [0.1, 0.15) is 21.0 Å². The van der Waals surface area contributed by atoms with Gasteiger partial charge in [-0.1, -0.05) is 42.0 Å². The van der Waals surface area contributed by atoms with E-state index in [1.807, 2.05) is 38.1 Å². The number of carbonyl (C=O) groups excluding carboxylic acids is 1. The van der Waals surface area contributed by atoms with E-state index in [-0.39, 0.29) is 23.9 Å². The second kappa shape index (κ2) is 9.07.